The van der Waals surface area contributed by atoms with Crippen LogP contribution in [-0.2, 0) is 4.79 Å². The average molecular weight is 315 g/mol. The third-order valence-corrected chi connectivity index (χ3v) is 3.75. The van der Waals surface area contributed by atoms with Gasteiger partial charge in [-0.3, -0.25) is 4.79 Å². The van der Waals surface area contributed by atoms with Gasteiger partial charge < -0.3 is 10.1 Å². The van der Waals surface area contributed by atoms with Crippen LogP contribution in [0.25, 0.3) is 0 Å². The van der Waals surface area contributed by atoms with Gasteiger partial charge in [0.2, 0.25) is 0 Å². The standard InChI is InChI=1S/C19H22FNO2/c1-12-5-6-13(2)18(11-12)23-15(4)19(22)21-14(3)16-7-9-17(20)10-8-16/h5-11,14-15H,1-4H3,(H,21,22)/t14-,15-/m1/s1. The number of carbonyl (C=O) groups is 1. The zero-order valence-electron chi connectivity index (χ0n) is 13.9. The van der Waals surface area contributed by atoms with Gasteiger partial charge in [-0.05, 0) is 62.6 Å². The molecule has 3 nitrogen and oxygen atoms in total. The van der Waals surface area contributed by atoms with Gasteiger partial charge in [-0.1, -0.05) is 24.3 Å². The monoisotopic (exact) mass is 315 g/mol. The number of rotatable bonds is 5. The lowest BCUT2D eigenvalue weighted by molar-refractivity contribution is -0.127. The fourth-order valence-corrected chi connectivity index (χ4v) is 2.24. The molecule has 4 heteroatoms. The number of hydrogen-bond acceptors (Lipinski definition) is 2. The Balaban J connectivity index is 1.99. The summed E-state index contributed by atoms with van der Waals surface area (Å²) in [5.41, 5.74) is 2.92. The average Bonchev–Trinajstić information content (AvgIpc) is 2.51. The Morgan fingerprint density at radius 2 is 1.74 bits per heavy atom. The molecule has 122 valence electrons. The van der Waals surface area contributed by atoms with Crippen molar-refractivity contribution < 1.29 is 13.9 Å². The molecule has 0 bridgehead atoms. The first-order valence-corrected chi connectivity index (χ1v) is 7.66. The summed E-state index contributed by atoms with van der Waals surface area (Å²) >= 11 is 0. The molecule has 0 aliphatic rings. The summed E-state index contributed by atoms with van der Waals surface area (Å²) in [5, 5.41) is 2.88. The highest BCUT2D eigenvalue weighted by Crippen LogP contribution is 2.21. The molecular formula is C19H22FNO2. The lowest BCUT2D eigenvalue weighted by atomic mass is 10.1. The molecule has 0 aliphatic carbocycles. The Morgan fingerprint density at radius 1 is 1.09 bits per heavy atom. The molecule has 0 aliphatic heterocycles. The van der Waals surface area contributed by atoms with E-state index >= 15 is 0 Å². The second-order valence-electron chi connectivity index (χ2n) is 5.81. The van der Waals surface area contributed by atoms with E-state index in [2.05, 4.69) is 5.32 Å². The maximum atomic E-state index is 12.9. The molecule has 0 fully saturated rings. The number of nitrogens with one attached hydrogen (secondary N) is 1. The van der Waals surface area contributed by atoms with Gasteiger partial charge >= 0.3 is 0 Å². The number of halogens is 1. The van der Waals surface area contributed by atoms with Crippen molar-refractivity contribution >= 4 is 5.91 Å². The highest BCUT2D eigenvalue weighted by Gasteiger charge is 2.18. The second kappa shape index (κ2) is 7.27. The summed E-state index contributed by atoms with van der Waals surface area (Å²) in [6, 6.07) is 11.8. The number of aryl methyl sites for hydroxylation is 2. The first-order valence-electron chi connectivity index (χ1n) is 7.66. The summed E-state index contributed by atoms with van der Waals surface area (Å²) in [5.74, 6) is 0.212. The minimum absolute atomic E-state index is 0.206. The topological polar surface area (TPSA) is 38.3 Å². The van der Waals surface area contributed by atoms with E-state index in [1.54, 1.807) is 19.1 Å². The molecule has 0 unspecified atom stereocenters. The Bertz CT molecular complexity index is 682. The van der Waals surface area contributed by atoms with E-state index < -0.39 is 6.10 Å². The number of hydrogen-bond donors (Lipinski definition) is 1. The van der Waals surface area contributed by atoms with Crippen LogP contribution in [0.4, 0.5) is 4.39 Å². The van der Waals surface area contributed by atoms with Crippen LogP contribution < -0.4 is 10.1 Å². The third kappa shape index (κ3) is 4.55. The van der Waals surface area contributed by atoms with Crippen molar-refractivity contribution in [1.82, 2.24) is 5.32 Å². The SMILES string of the molecule is Cc1ccc(C)c(O[C@H](C)C(=O)N[C@H](C)c2ccc(F)cc2)c1. The zero-order chi connectivity index (χ0) is 17.0. The fourth-order valence-electron chi connectivity index (χ4n) is 2.24. The van der Waals surface area contributed by atoms with Crippen LogP contribution in [0.2, 0.25) is 0 Å². The molecule has 2 aromatic rings. The van der Waals surface area contributed by atoms with Gasteiger partial charge in [-0.15, -0.1) is 0 Å². The lowest BCUT2D eigenvalue weighted by Gasteiger charge is -2.20. The van der Waals surface area contributed by atoms with Gasteiger partial charge in [-0.25, -0.2) is 4.39 Å². The molecular weight excluding hydrogens is 293 g/mol. The molecule has 2 aromatic carbocycles. The molecule has 0 spiro atoms. The highest BCUT2D eigenvalue weighted by molar-refractivity contribution is 5.81. The lowest BCUT2D eigenvalue weighted by Crippen LogP contribution is -2.37. The van der Waals surface area contributed by atoms with Gasteiger partial charge in [0.25, 0.3) is 5.91 Å². The number of amides is 1. The van der Waals surface area contributed by atoms with Gasteiger partial charge in [0.15, 0.2) is 6.10 Å². The number of benzene rings is 2. The fraction of sp³-hybridized carbons (Fsp3) is 0.316. The van der Waals surface area contributed by atoms with E-state index in [9.17, 15) is 9.18 Å². The first kappa shape index (κ1) is 17.0. The van der Waals surface area contributed by atoms with Crippen molar-refractivity contribution in [2.24, 2.45) is 0 Å². The van der Waals surface area contributed by atoms with Crippen molar-refractivity contribution in [2.45, 2.75) is 39.8 Å². The summed E-state index contributed by atoms with van der Waals surface area (Å²) in [6.45, 7) is 7.50. The Labute approximate surface area is 136 Å². The molecule has 0 saturated carbocycles. The second-order valence-corrected chi connectivity index (χ2v) is 5.81. The molecule has 23 heavy (non-hydrogen) atoms. The van der Waals surface area contributed by atoms with Crippen LogP contribution in [0.3, 0.4) is 0 Å². The zero-order valence-corrected chi connectivity index (χ0v) is 13.9. The first-order chi connectivity index (χ1) is 10.9. The van der Waals surface area contributed by atoms with Crippen LogP contribution in [-0.4, -0.2) is 12.0 Å². The van der Waals surface area contributed by atoms with E-state index in [0.717, 1.165) is 16.7 Å². The molecule has 0 heterocycles. The van der Waals surface area contributed by atoms with Crippen LogP contribution >= 0.6 is 0 Å². The van der Waals surface area contributed by atoms with E-state index in [4.69, 9.17) is 4.74 Å². The Hall–Kier alpha value is -2.36. The van der Waals surface area contributed by atoms with E-state index in [1.807, 2.05) is 39.0 Å². The predicted octanol–water partition coefficient (Wildman–Crippen LogP) is 4.09. The Morgan fingerprint density at radius 3 is 2.39 bits per heavy atom. The summed E-state index contributed by atoms with van der Waals surface area (Å²) in [7, 11) is 0. The molecule has 0 saturated heterocycles. The minimum atomic E-state index is -0.613. The van der Waals surface area contributed by atoms with Crippen LogP contribution in [0.15, 0.2) is 42.5 Å². The summed E-state index contributed by atoms with van der Waals surface area (Å²) in [4.78, 5) is 12.3. The van der Waals surface area contributed by atoms with Crippen molar-refractivity contribution in [3.63, 3.8) is 0 Å². The van der Waals surface area contributed by atoms with Crippen molar-refractivity contribution in [2.75, 3.05) is 0 Å². The van der Waals surface area contributed by atoms with Crippen LogP contribution in [0.5, 0.6) is 5.75 Å². The van der Waals surface area contributed by atoms with Crippen molar-refractivity contribution in [3.8, 4) is 5.75 Å². The molecule has 0 aromatic heterocycles. The quantitative estimate of drug-likeness (QED) is 0.902. The number of ether oxygens (including phenoxy) is 1. The normalized spacial score (nSPS) is 13.3. The van der Waals surface area contributed by atoms with Crippen LogP contribution in [0.1, 0.15) is 36.6 Å². The molecule has 1 amide bonds. The van der Waals surface area contributed by atoms with E-state index in [0.29, 0.717) is 5.75 Å². The maximum absolute atomic E-state index is 12.9. The molecule has 2 rings (SSSR count). The molecule has 0 radical (unpaired) electrons. The highest BCUT2D eigenvalue weighted by atomic mass is 19.1. The Kier molecular flexibility index (Phi) is 5.37. The van der Waals surface area contributed by atoms with Crippen molar-refractivity contribution in [3.05, 3.63) is 65.0 Å². The summed E-state index contributed by atoms with van der Waals surface area (Å²) in [6.07, 6.45) is -0.613. The summed E-state index contributed by atoms with van der Waals surface area (Å²) < 4.78 is 18.7. The van der Waals surface area contributed by atoms with Gasteiger partial charge in [0.05, 0.1) is 6.04 Å². The molecule has 1 N–H and O–H groups in total. The minimum Gasteiger partial charge on any atom is -0.481 e. The van der Waals surface area contributed by atoms with Gasteiger partial charge in [0.1, 0.15) is 11.6 Å². The van der Waals surface area contributed by atoms with Gasteiger partial charge in [0, 0.05) is 0 Å². The van der Waals surface area contributed by atoms with E-state index in [-0.39, 0.29) is 17.8 Å². The molecule has 2 atom stereocenters. The number of carbonyl (C=O) groups excluding carboxylic acids is 1. The van der Waals surface area contributed by atoms with Crippen LogP contribution in [0, 0.1) is 19.7 Å². The van der Waals surface area contributed by atoms with Crippen molar-refractivity contribution in [1.29, 1.82) is 0 Å². The third-order valence-electron chi connectivity index (χ3n) is 3.75. The largest absolute Gasteiger partial charge is 0.481 e. The van der Waals surface area contributed by atoms with E-state index in [1.165, 1.54) is 12.1 Å². The predicted molar refractivity (Wildman–Crippen MR) is 89.0 cm³/mol. The maximum Gasteiger partial charge on any atom is 0.261 e. The van der Waals surface area contributed by atoms with Gasteiger partial charge in [-0.2, -0.15) is 0 Å². The smallest absolute Gasteiger partial charge is 0.261 e.